The zero-order valence-corrected chi connectivity index (χ0v) is 17.8. The van der Waals surface area contributed by atoms with Gasteiger partial charge < -0.3 is 9.84 Å². The standard InChI is InChI=1S/C24H40O3/c1-4-6-7-8-9-10-11-12-13-14-17-27-23(25)16-15-21-18-20(3)24(26)22(5-2)19-21/h18-19,26H,4-17H2,1-3H3. The van der Waals surface area contributed by atoms with Gasteiger partial charge in [0.1, 0.15) is 5.75 Å². The molecule has 1 aromatic rings. The van der Waals surface area contributed by atoms with Crippen molar-refractivity contribution in [3.8, 4) is 5.75 Å². The molecule has 1 rings (SSSR count). The van der Waals surface area contributed by atoms with Gasteiger partial charge in [-0.1, -0.05) is 83.8 Å². The summed E-state index contributed by atoms with van der Waals surface area (Å²) < 4.78 is 5.36. The topological polar surface area (TPSA) is 46.5 Å². The lowest BCUT2D eigenvalue weighted by molar-refractivity contribution is -0.143. The van der Waals surface area contributed by atoms with Crippen molar-refractivity contribution in [3.05, 3.63) is 28.8 Å². The largest absolute Gasteiger partial charge is 0.507 e. The van der Waals surface area contributed by atoms with Gasteiger partial charge in [0, 0.05) is 6.42 Å². The molecule has 0 atom stereocenters. The first-order chi connectivity index (χ1) is 13.1. The van der Waals surface area contributed by atoms with Crippen LogP contribution in [-0.2, 0) is 22.4 Å². The van der Waals surface area contributed by atoms with E-state index in [0.29, 0.717) is 25.2 Å². The number of benzene rings is 1. The molecule has 1 aromatic carbocycles. The molecule has 0 radical (unpaired) electrons. The van der Waals surface area contributed by atoms with Crippen molar-refractivity contribution in [2.45, 2.75) is 104 Å². The Morgan fingerprint density at radius 3 is 2.11 bits per heavy atom. The minimum atomic E-state index is -0.116. The summed E-state index contributed by atoms with van der Waals surface area (Å²) in [5, 5.41) is 9.98. The highest BCUT2D eigenvalue weighted by Gasteiger charge is 2.08. The summed E-state index contributed by atoms with van der Waals surface area (Å²) in [7, 11) is 0. The second kappa shape index (κ2) is 14.5. The second-order valence-corrected chi connectivity index (χ2v) is 7.68. The summed E-state index contributed by atoms with van der Waals surface area (Å²) >= 11 is 0. The lowest BCUT2D eigenvalue weighted by Crippen LogP contribution is -2.07. The Kier molecular flexibility index (Phi) is 12.7. The molecule has 0 aliphatic rings. The van der Waals surface area contributed by atoms with Gasteiger partial charge in [-0.05, 0) is 42.9 Å². The summed E-state index contributed by atoms with van der Waals surface area (Å²) in [6, 6.07) is 3.96. The molecular formula is C24H40O3. The van der Waals surface area contributed by atoms with Crippen molar-refractivity contribution in [2.24, 2.45) is 0 Å². The van der Waals surface area contributed by atoms with Crippen molar-refractivity contribution >= 4 is 5.97 Å². The highest BCUT2D eigenvalue weighted by atomic mass is 16.5. The molecule has 0 spiro atoms. The van der Waals surface area contributed by atoms with Crippen molar-refractivity contribution in [1.29, 1.82) is 0 Å². The number of hydrogen-bond donors (Lipinski definition) is 1. The van der Waals surface area contributed by atoms with Crippen molar-refractivity contribution in [2.75, 3.05) is 6.61 Å². The summed E-state index contributed by atoms with van der Waals surface area (Å²) in [5.74, 6) is 0.263. The third kappa shape index (κ3) is 10.4. The molecule has 1 N–H and O–H groups in total. The van der Waals surface area contributed by atoms with Crippen LogP contribution < -0.4 is 0 Å². The molecule has 3 nitrogen and oxygen atoms in total. The first-order valence-electron chi connectivity index (χ1n) is 11.1. The highest BCUT2D eigenvalue weighted by Crippen LogP contribution is 2.25. The molecule has 0 heterocycles. The third-order valence-corrected chi connectivity index (χ3v) is 5.20. The van der Waals surface area contributed by atoms with Gasteiger partial charge in [-0.2, -0.15) is 0 Å². The van der Waals surface area contributed by atoms with Crippen molar-refractivity contribution < 1.29 is 14.6 Å². The highest BCUT2D eigenvalue weighted by molar-refractivity contribution is 5.69. The first kappa shape index (κ1) is 23.5. The van der Waals surface area contributed by atoms with Crippen LogP contribution in [0.15, 0.2) is 12.1 Å². The maximum absolute atomic E-state index is 11.9. The molecule has 0 aliphatic heterocycles. The zero-order valence-electron chi connectivity index (χ0n) is 17.8. The number of aryl methyl sites for hydroxylation is 3. The number of rotatable bonds is 15. The predicted octanol–water partition coefficient (Wildman–Crippen LogP) is 6.66. The van der Waals surface area contributed by atoms with E-state index in [1.54, 1.807) is 0 Å². The van der Waals surface area contributed by atoms with E-state index in [4.69, 9.17) is 4.74 Å². The average molecular weight is 377 g/mol. The Bertz CT molecular complexity index is 537. The average Bonchev–Trinajstić information content (AvgIpc) is 2.66. The van der Waals surface area contributed by atoms with Gasteiger partial charge in [-0.25, -0.2) is 0 Å². The first-order valence-corrected chi connectivity index (χ1v) is 11.1. The molecule has 154 valence electrons. The van der Waals surface area contributed by atoms with Gasteiger partial charge in [0.2, 0.25) is 0 Å². The molecule has 0 saturated heterocycles. The maximum Gasteiger partial charge on any atom is 0.306 e. The smallest absolute Gasteiger partial charge is 0.306 e. The number of carbonyl (C=O) groups is 1. The Morgan fingerprint density at radius 2 is 1.52 bits per heavy atom. The predicted molar refractivity (Wildman–Crippen MR) is 113 cm³/mol. The van der Waals surface area contributed by atoms with E-state index in [9.17, 15) is 9.90 Å². The second-order valence-electron chi connectivity index (χ2n) is 7.68. The fourth-order valence-corrected chi connectivity index (χ4v) is 3.44. The maximum atomic E-state index is 11.9. The van der Waals surface area contributed by atoms with Gasteiger partial charge in [-0.15, -0.1) is 0 Å². The zero-order chi connectivity index (χ0) is 19.9. The van der Waals surface area contributed by atoms with Gasteiger partial charge in [0.25, 0.3) is 0 Å². The van der Waals surface area contributed by atoms with Crippen LogP contribution in [0, 0.1) is 6.92 Å². The van der Waals surface area contributed by atoms with Crippen molar-refractivity contribution in [1.82, 2.24) is 0 Å². The van der Waals surface area contributed by atoms with E-state index < -0.39 is 0 Å². The molecule has 0 amide bonds. The molecule has 27 heavy (non-hydrogen) atoms. The van der Waals surface area contributed by atoms with Crippen molar-refractivity contribution in [3.63, 3.8) is 0 Å². The van der Waals surface area contributed by atoms with Crippen LogP contribution in [0.3, 0.4) is 0 Å². The molecule has 0 aliphatic carbocycles. The van der Waals surface area contributed by atoms with E-state index in [-0.39, 0.29) is 5.97 Å². The molecule has 0 unspecified atom stereocenters. The molecule has 3 heteroatoms. The van der Waals surface area contributed by atoms with Gasteiger partial charge in [0.15, 0.2) is 0 Å². The molecular weight excluding hydrogens is 336 g/mol. The Balaban J connectivity index is 2.06. The number of unbranched alkanes of at least 4 members (excludes halogenated alkanes) is 9. The van der Waals surface area contributed by atoms with E-state index in [1.807, 2.05) is 26.0 Å². The minimum Gasteiger partial charge on any atom is -0.507 e. The monoisotopic (exact) mass is 376 g/mol. The SMILES string of the molecule is CCCCCCCCCCCCOC(=O)CCc1cc(C)c(O)c(CC)c1. The Hall–Kier alpha value is -1.51. The number of ether oxygens (including phenoxy) is 1. The minimum absolute atomic E-state index is 0.116. The van der Waals surface area contributed by atoms with Crippen LogP contribution in [0.1, 0.15) is 101 Å². The van der Waals surface area contributed by atoms with Gasteiger partial charge in [0.05, 0.1) is 6.61 Å². The number of hydrogen-bond acceptors (Lipinski definition) is 3. The van der Waals surface area contributed by atoms with Crippen LogP contribution in [0.5, 0.6) is 5.75 Å². The summed E-state index contributed by atoms with van der Waals surface area (Å²) in [4.78, 5) is 11.9. The fraction of sp³-hybridized carbons (Fsp3) is 0.708. The fourth-order valence-electron chi connectivity index (χ4n) is 3.44. The van der Waals surface area contributed by atoms with E-state index in [0.717, 1.165) is 36.0 Å². The van der Waals surface area contributed by atoms with Crippen LogP contribution in [0.25, 0.3) is 0 Å². The number of phenolic OH excluding ortho intramolecular Hbond substituents is 1. The Morgan fingerprint density at radius 1 is 0.926 bits per heavy atom. The van der Waals surface area contributed by atoms with Crippen LogP contribution in [-0.4, -0.2) is 17.7 Å². The quantitative estimate of drug-likeness (QED) is 0.275. The Labute approximate surface area is 166 Å². The molecule has 0 aromatic heterocycles. The number of aromatic hydroxyl groups is 1. The normalized spacial score (nSPS) is 10.9. The van der Waals surface area contributed by atoms with Crippen LogP contribution in [0.4, 0.5) is 0 Å². The van der Waals surface area contributed by atoms with Crippen LogP contribution >= 0.6 is 0 Å². The molecule has 0 saturated carbocycles. The van der Waals surface area contributed by atoms with Gasteiger partial charge in [-0.3, -0.25) is 4.79 Å². The summed E-state index contributed by atoms with van der Waals surface area (Å²) in [5.41, 5.74) is 2.92. The summed E-state index contributed by atoms with van der Waals surface area (Å²) in [6.07, 6.45) is 14.7. The third-order valence-electron chi connectivity index (χ3n) is 5.20. The van der Waals surface area contributed by atoms with E-state index >= 15 is 0 Å². The lowest BCUT2D eigenvalue weighted by Gasteiger charge is -2.10. The lowest BCUT2D eigenvalue weighted by atomic mass is 10.0. The number of phenols is 1. The van der Waals surface area contributed by atoms with E-state index in [2.05, 4.69) is 6.92 Å². The number of esters is 1. The molecule has 0 fully saturated rings. The van der Waals surface area contributed by atoms with E-state index in [1.165, 1.54) is 51.4 Å². The number of carbonyl (C=O) groups excluding carboxylic acids is 1. The van der Waals surface area contributed by atoms with Gasteiger partial charge >= 0.3 is 5.97 Å². The summed E-state index contributed by atoms with van der Waals surface area (Å²) in [6.45, 7) is 6.73. The van der Waals surface area contributed by atoms with Crippen LogP contribution in [0.2, 0.25) is 0 Å². The molecule has 0 bridgehead atoms.